The van der Waals surface area contributed by atoms with Gasteiger partial charge >= 0.3 is 0 Å². The number of hydrogen-bond acceptors (Lipinski definition) is 7. The molecule has 0 bridgehead atoms. The van der Waals surface area contributed by atoms with Gasteiger partial charge in [-0.05, 0) is 38.4 Å². The van der Waals surface area contributed by atoms with Gasteiger partial charge in [0.1, 0.15) is 12.7 Å². The maximum atomic E-state index is 14.5. The van der Waals surface area contributed by atoms with Gasteiger partial charge in [-0.2, -0.15) is 9.49 Å². The minimum Gasteiger partial charge on any atom is -0.489 e. The Morgan fingerprint density at radius 1 is 1.17 bits per heavy atom. The summed E-state index contributed by atoms with van der Waals surface area (Å²) in [5.74, 6) is -2.09. The Kier molecular flexibility index (Phi) is 7.62. The molecule has 1 aliphatic heterocycles. The lowest BCUT2D eigenvalue weighted by molar-refractivity contribution is 0.0131. The number of methoxy groups -OCH3 is 2. The van der Waals surface area contributed by atoms with Gasteiger partial charge in [0.05, 0.1) is 18.4 Å². The van der Waals surface area contributed by atoms with E-state index in [1.807, 2.05) is 19.0 Å². The largest absolute Gasteiger partial charge is 0.489 e. The summed E-state index contributed by atoms with van der Waals surface area (Å²) in [6.07, 6.45) is 4.00. The number of hydrazone groups is 1. The lowest BCUT2D eigenvalue weighted by Crippen LogP contribution is -2.54. The average Bonchev–Trinajstić information content (AvgIpc) is 3.48. The summed E-state index contributed by atoms with van der Waals surface area (Å²) < 4.78 is 50.2. The van der Waals surface area contributed by atoms with E-state index in [0.29, 0.717) is 13.2 Å². The summed E-state index contributed by atoms with van der Waals surface area (Å²) >= 11 is 0. The smallest absolute Gasteiger partial charge is 0.201 e. The molecule has 3 rings (SSSR count). The molecule has 0 spiro atoms. The zero-order valence-corrected chi connectivity index (χ0v) is 18.1. The van der Waals surface area contributed by atoms with E-state index in [1.54, 1.807) is 19.2 Å². The van der Waals surface area contributed by atoms with Crippen molar-refractivity contribution in [3.05, 3.63) is 29.3 Å². The Labute approximate surface area is 176 Å². The maximum absolute atomic E-state index is 14.5. The van der Waals surface area contributed by atoms with Crippen LogP contribution in [0.25, 0.3) is 0 Å². The van der Waals surface area contributed by atoms with Crippen molar-refractivity contribution in [1.82, 2.24) is 9.91 Å². The number of benzene rings is 1. The van der Waals surface area contributed by atoms with Crippen LogP contribution in [0.15, 0.2) is 17.2 Å². The van der Waals surface area contributed by atoms with E-state index in [0.717, 1.165) is 25.8 Å². The zero-order chi connectivity index (χ0) is 21.7. The van der Waals surface area contributed by atoms with E-state index >= 15 is 0 Å². The number of likely N-dealkylation sites (N-methyl/N-ethyl adjacent to an activating group) is 2. The normalized spacial score (nSPS) is 22.4. The van der Waals surface area contributed by atoms with Gasteiger partial charge in [-0.15, -0.1) is 0 Å². The summed E-state index contributed by atoms with van der Waals surface area (Å²) in [5.41, 5.74) is -0.178. The molecule has 2 fully saturated rings. The molecule has 1 saturated heterocycles. The average molecular weight is 427 g/mol. The first-order valence-corrected chi connectivity index (χ1v) is 10.2. The highest BCUT2D eigenvalue weighted by molar-refractivity contribution is 5.80. The van der Waals surface area contributed by atoms with Crippen LogP contribution in [-0.4, -0.2) is 88.7 Å². The first kappa shape index (κ1) is 22.9. The quantitative estimate of drug-likeness (QED) is 0.290. The third-order valence-electron chi connectivity index (χ3n) is 5.93. The van der Waals surface area contributed by atoms with Crippen LogP contribution in [0.3, 0.4) is 0 Å². The van der Waals surface area contributed by atoms with Crippen LogP contribution in [0.2, 0.25) is 0 Å². The molecule has 30 heavy (non-hydrogen) atoms. The van der Waals surface area contributed by atoms with Crippen molar-refractivity contribution in [1.29, 1.82) is 0 Å². The number of epoxide rings is 1. The van der Waals surface area contributed by atoms with E-state index in [2.05, 4.69) is 5.10 Å². The molecule has 0 amide bonds. The second kappa shape index (κ2) is 10.00. The molecule has 1 unspecified atom stereocenters. The predicted octanol–water partition coefficient (Wildman–Crippen LogP) is 2.48. The van der Waals surface area contributed by atoms with Gasteiger partial charge in [0.15, 0.2) is 17.9 Å². The van der Waals surface area contributed by atoms with E-state index in [-0.39, 0.29) is 35.9 Å². The van der Waals surface area contributed by atoms with Crippen LogP contribution in [-0.2, 0) is 14.2 Å². The Morgan fingerprint density at radius 3 is 2.50 bits per heavy atom. The second-order valence-electron chi connectivity index (χ2n) is 7.81. The standard InChI is InChI=1S/C21H31F2N3O4/c1-25(10-12-27-3)11-13-29-16-7-6-15(17(22)18(16)23)14-24-26(2)21(8-5-9-21)19-20(28-4)30-19/h6-7,14,19-20H,5,8-13H2,1-4H3/b24-14+/t19-,20?/m0/s1. The molecule has 1 aromatic rings. The van der Waals surface area contributed by atoms with Gasteiger partial charge in [-0.1, -0.05) is 0 Å². The van der Waals surface area contributed by atoms with Crippen molar-refractivity contribution in [3.63, 3.8) is 0 Å². The first-order chi connectivity index (χ1) is 14.4. The second-order valence-corrected chi connectivity index (χ2v) is 7.81. The van der Waals surface area contributed by atoms with Crippen molar-refractivity contribution >= 4 is 6.21 Å². The predicted molar refractivity (Wildman–Crippen MR) is 109 cm³/mol. The van der Waals surface area contributed by atoms with Gasteiger partial charge in [0.2, 0.25) is 5.82 Å². The van der Waals surface area contributed by atoms with Crippen molar-refractivity contribution in [2.45, 2.75) is 37.2 Å². The number of nitrogens with zero attached hydrogens (tertiary/aromatic N) is 3. The topological polar surface area (TPSA) is 59.1 Å². The van der Waals surface area contributed by atoms with E-state index in [1.165, 1.54) is 18.3 Å². The lowest BCUT2D eigenvalue weighted by atomic mass is 9.73. The molecular formula is C21H31F2N3O4. The van der Waals surface area contributed by atoms with Crippen molar-refractivity contribution in [2.75, 3.05) is 54.6 Å². The third-order valence-corrected chi connectivity index (χ3v) is 5.93. The highest BCUT2D eigenvalue weighted by Crippen LogP contribution is 2.49. The van der Waals surface area contributed by atoms with Crippen molar-refractivity contribution < 1.29 is 27.7 Å². The van der Waals surface area contributed by atoms with Crippen molar-refractivity contribution in [2.24, 2.45) is 5.10 Å². The summed E-state index contributed by atoms with van der Waals surface area (Å²) in [6, 6.07) is 2.90. The van der Waals surface area contributed by atoms with Gasteiger partial charge in [-0.3, -0.25) is 5.01 Å². The fraction of sp³-hybridized carbons (Fsp3) is 0.667. The molecule has 7 nitrogen and oxygen atoms in total. The van der Waals surface area contributed by atoms with Crippen LogP contribution in [0, 0.1) is 11.6 Å². The highest BCUT2D eigenvalue weighted by Gasteiger charge is 2.60. The SMILES string of the molecule is COCCN(C)CCOc1ccc(/C=N/N(C)C2([C@H]3OC3OC)CCC2)c(F)c1F. The van der Waals surface area contributed by atoms with Crippen LogP contribution in [0.5, 0.6) is 5.75 Å². The van der Waals surface area contributed by atoms with Crippen LogP contribution < -0.4 is 4.74 Å². The minimum atomic E-state index is -1.01. The monoisotopic (exact) mass is 427 g/mol. The molecule has 168 valence electrons. The zero-order valence-electron chi connectivity index (χ0n) is 18.1. The van der Waals surface area contributed by atoms with E-state index < -0.39 is 11.6 Å². The third kappa shape index (κ3) is 4.91. The molecule has 1 aliphatic carbocycles. The summed E-state index contributed by atoms with van der Waals surface area (Å²) in [6.45, 7) is 2.16. The molecule has 0 radical (unpaired) electrons. The minimum absolute atomic E-state index is 0.0437. The first-order valence-electron chi connectivity index (χ1n) is 10.2. The van der Waals surface area contributed by atoms with Gasteiger partial charge in [0, 0.05) is 39.9 Å². The molecule has 1 heterocycles. The van der Waals surface area contributed by atoms with E-state index in [4.69, 9.17) is 18.9 Å². The Hall–Kier alpha value is -1.81. The molecule has 0 N–H and O–H groups in total. The fourth-order valence-electron chi connectivity index (χ4n) is 3.68. The van der Waals surface area contributed by atoms with E-state index in [9.17, 15) is 8.78 Å². The van der Waals surface area contributed by atoms with Crippen LogP contribution in [0.1, 0.15) is 24.8 Å². The molecular weight excluding hydrogens is 396 g/mol. The highest BCUT2D eigenvalue weighted by atomic mass is 19.2. The van der Waals surface area contributed by atoms with Gasteiger partial charge < -0.3 is 23.8 Å². The molecule has 9 heteroatoms. The Bertz CT molecular complexity index is 745. The number of halogens is 2. The fourth-order valence-corrected chi connectivity index (χ4v) is 3.68. The van der Waals surface area contributed by atoms with Gasteiger partial charge in [-0.25, -0.2) is 4.39 Å². The summed E-state index contributed by atoms with van der Waals surface area (Å²) in [7, 11) is 6.98. The molecule has 1 aromatic carbocycles. The Balaban J connectivity index is 1.58. The summed E-state index contributed by atoms with van der Waals surface area (Å²) in [5, 5.41) is 6.16. The Morgan fingerprint density at radius 2 is 1.90 bits per heavy atom. The lowest BCUT2D eigenvalue weighted by Gasteiger charge is -2.46. The maximum Gasteiger partial charge on any atom is 0.201 e. The number of hydrogen-bond donors (Lipinski definition) is 0. The number of ether oxygens (including phenoxy) is 4. The summed E-state index contributed by atoms with van der Waals surface area (Å²) in [4.78, 5) is 1.99. The van der Waals surface area contributed by atoms with Crippen molar-refractivity contribution in [3.8, 4) is 5.75 Å². The molecule has 1 saturated carbocycles. The number of rotatable bonds is 12. The molecule has 2 aliphatic rings. The molecule has 2 atom stereocenters. The molecule has 0 aromatic heterocycles. The van der Waals surface area contributed by atoms with Crippen LogP contribution >= 0.6 is 0 Å². The van der Waals surface area contributed by atoms with Crippen LogP contribution in [0.4, 0.5) is 8.78 Å². The van der Waals surface area contributed by atoms with Gasteiger partial charge in [0.25, 0.3) is 0 Å².